The van der Waals surface area contributed by atoms with E-state index < -0.39 is 0 Å². The number of nitrogens with one attached hydrogen (secondary N) is 1. The second-order valence-corrected chi connectivity index (χ2v) is 7.28. The van der Waals surface area contributed by atoms with Gasteiger partial charge in [-0.05, 0) is 37.6 Å². The Labute approximate surface area is 159 Å². The molecule has 0 saturated heterocycles. The molecule has 0 atom stereocenters. The summed E-state index contributed by atoms with van der Waals surface area (Å²) in [5.41, 5.74) is 2.06. The van der Waals surface area contributed by atoms with Gasteiger partial charge in [0.15, 0.2) is 0 Å². The fraction of sp³-hybridized carbons (Fsp3) is 0.263. The van der Waals surface area contributed by atoms with Crippen molar-refractivity contribution in [2.24, 2.45) is 0 Å². The van der Waals surface area contributed by atoms with Crippen molar-refractivity contribution in [3.8, 4) is 10.6 Å². The average Bonchev–Trinajstić information content (AvgIpc) is 2.97. The number of aryl methyl sites for hydroxylation is 2. The fourth-order valence-corrected chi connectivity index (χ4v) is 3.54. The smallest absolute Gasteiger partial charge is 0.266 e. The van der Waals surface area contributed by atoms with Crippen LogP contribution in [0.15, 0.2) is 41.2 Å². The van der Waals surface area contributed by atoms with Crippen LogP contribution in [0, 0.1) is 19.7 Å². The lowest BCUT2D eigenvalue weighted by Gasteiger charge is -2.08. The molecule has 0 aliphatic rings. The first-order valence-corrected chi connectivity index (χ1v) is 9.28. The minimum atomic E-state index is -0.337. The molecule has 27 heavy (non-hydrogen) atoms. The van der Waals surface area contributed by atoms with Crippen LogP contribution in [-0.4, -0.2) is 27.2 Å². The Bertz CT molecular complexity index is 1010. The number of rotatable bonds is 6. The molecule has 2 heterocycles. The molecule has 1 aromatic carbocycles. The summed E-state index contributed by atoms with van der Waals surface area (Å²) >= 11 is 1.53. The number of carbonyl (C=O) groups is 1. The Morgan fingerprint density at radius 1 is 1.19 bits per heavy atom. The summed E-state index contributed by atoms with van der Waals surface area (Å²) < 4.78 is 14.2. The predicted molar refractivity (Wildman–Crippen MR) is 102 cm³/mol. The van der Waals surface area contributed by atoms with Crippen LogP contribution in [0.5, 0.6) is 0 Å². The van der Waals surface area contributed by atoms with Gasteiger partial charge in [0, 0.05) is 12.6 Å². The van der Waals surface area contributed by atoms with Crippen molar-refractivity contribution in [1.82, 2.24) is 20.1 Å². The van der Waals surface area contributed by atoms with Gasteiger partial charge in [0.1, 0.15) is 11.5 Å². The molecule has 3 aromatic rings. The molecule has 1 N–H and O–H groups in total. The quantitative estimate of drug-likeness (QED) is 0.706. The summed E-state index contributed by atoms with van der Waals surface area (Å²) in [4.78, 5) is 29.3. The number of aromatic nitrogens is 3. The highest BCUT2D eigenvalue weighted by Gasteiger charge is 2.11. The van der Waals surface area contributed by atoms with Crippen molar-refractivity contribution in [1.29, 1.82) is 0 Å². The number of carbonyl (C=O) groups excluding carboxylic acids is 1. The molecule has 0 spiro atoms. The van der Waals surface area contributed by atoms with Crippen molar-refractivity contribution in [3.05, 3.63) is 68.8 Å². The zero-order valence-corrected chi connectivity index (χ0v) is 15.8. The van der Waals surface area contributed by atoms with Crippen molar-refractivity contribution >= 4 is 17.2 Å². The third-order valence-electron chi connectivity index (χ3n) is 3.93. The molecule has 0 bridgehead atoms. The normalized spacial score (nSPS) is 10.8. The first-order chi connectivity index (χ1) is 12.9. The zero-order chi connectivity index (χ0) is 19.4. The summed E-state index contributed by atoms with van der Waals surface area (Å²) in [6.07, 6.45) is 0.155. The van der Waals surface area contributed by atoms with E-state index in [0.717, 1.165) is 21.1 Å². The largest absolute Gasteiger partial charge is 0.354 e. The van der Waals surface area contributed by atoms with Gasteiger partial charge < -0.3 is 5.32 Å². The first-order valence-electron chi connectivity index (χ1n) is 8.46. The third kappa shape index (κ3) is 4.85. The number of thiazole rings is 1. The molecular weight excluding hydrogens is 367 g/mol. The highest BCUT2D eigenvalue weighted by Crippen LogP contribution is 2.27. The van der Waals surface area contributed by atoms with Crippen molar-refractivity contribution in [2.75, 3.05) is 6.54 Å². The van der Waals surface area contributed by atoms with Crippen LogP contribution >= 0.6 is 11.3 Å². The molecule has 2 aromatic heterocycles. The molecule has 1 amide bonds. The van der Waals surface area contributed by atoms with E-state index in [2.05, 4.69) is 15.4 Å². The highest BCUT2D eigenvalue weighted by atomic mass is 32.1. The van der Waals surface area contributed by atoms with E-state index in [-0.39, 0.29) is 36.8 Å². The number of halogens is 1. The molecule has 0 aliphatic carbocycles. The SMILES string of the molecule is Cc1nc(C)c(-c2ccc(=O)n(CCNC(=O)Cc3ccc(F)cc3)n2)s1. The molecule has 140 valence electrons. The van der Waals surface area contributed by atoms with E-state index in [4.69, 9.17) is 0 Å². The van der Waals surface area contributed by atoms with Crippen LogP contribution in [-0.2, 0) is 17.8 Å². The van der Waals surface area contributed by atoms with E-state index in [1.54, 1.807) is 18.2 Å². The van der Waals surface area contributed by atoms with Crippen LogP contribution in [0.1, 0.15) is 16.3 Å². The van der Waals surface area contributed by atoms with Gasteiger partial charge in [-0.2, -0.15) is 5.10 Å². The minimum absolute atomic E-state index is 0.155. The summed E-state index contributed by atoms with van der Waals surface area (Å²) in [5.74, 6) is -0.532. The van der Waals surface area contributed by atoms with E-state index in [9.17, 15) is 14.0 Å². The summed E-state index contributed by atoms with van der Waals surface area (Å²) in [6.45, 7) is 4.37. The number of nitrogens with zero attached hydrogens (tertiary/aromatic N) is 3. The van der Waals surface area contributed by atoms with Gasteiger partial charge in [0.05, 0.1) is 28.5 Å². The van der Waals surface area contributed by atoms with Crippen LogP contribution in [0.3, 0.4) is 0 Å². The van der Waals surface area contributed by atoms with Gasteiger partial charge in [-0.15, -0.1) is 11.3 Å². The minimum Gasteiger partial charge on any atom is -0.354 e. The van der Waals surface area contributed by atoms with Crippen LogP contribution in [0.4, 0.5) is 4.39 Å². The molecular formula is C19H19FN4O2S. The molecule has 0 unspecified atom stereocenters. The predicted octanol–water partition coefficient (Wildman–Crippen LogP) is 2.48. The molecule has 0 radical (unpaired) electrons. The zero-order valence-electron chi connectivity index (χ0n) is 15.0. The third-order valence-corrected chi connectivity index (χ3v) is 5.02. The van der Waals surface area contributed by atoms with Gasteiger partial charge in [0.25, 0.3) is 5.56 Å². The number of benzene rings is 1. The number of hydrogen-bond acceptors (Lipinski definition) is 5. The number of amides is 1. The maximum atomic E-state index is 12.9. The number of hydrogen-bond donors (Lipinski definition) is 1. The molecule has 6 nitrogen and oxygen atoms in total. The standard InChI is InChI=1S/C19H19FN4O2S/c1-12-19(27-13(2)22-12)16-7-8-18(26)24(23-16)10-9-21-17(25)11-14-3-5-15(20)6-4-14/h3-8H,9-11H2,1-2H3,(H,21,25). The van der Waals surface area contributed by atoms with E-state index in [1.807, 2.05) is 13.8 Å². The second kappa shape index (κ2) is 8.22. The lowest BCUT2D eigenvalue weighted by molar-refractivity contribution is -0.120. The lowest BCUT2D eigenvalue weighted by Crippen LogP contribution is -2.32. The van der Waals surface area contributed by atoms with Crippen molar-refractivity contribution in [2.45, 2.75) is 26.8 Å². The Morgan fingerprint density at radius 2 is 1.93 bits per heavy atom. The summed E-state index contributed by atoms with van der Waals surface area (Å²) in [5, 5.41) is 8.08. The Balaban J connectivity index is 1.61. The highest BCUT2D eigenvalue weighted by molar-refractivity contribution is 7.15. The fourth-order valence-electron chi connectivity index (χ4n) is 2.65. The van der Waals surface area contributed by atoms with Gasteiger partial charge in [0.2, 0.25) is 5.91 Å². The van der Waals surface area contributed by atoms with Gasteiger partial charge in [-0.3, -0.25) is 9.59 Å². The van der Waals surface area contributed by atoms with E-state index in [1.165, 1.54) is 34.2 Å². The van der Waals surface area contributed by atoms with Crippen molar-refractivity contribution < 1.29 is 9.18 Å². The van der Waals surface area contributed by atoms with E-state index in [0.29, 0.717) is 5.69 Å². The lowest BCUT2D eigenvalue weighted by atomic mass is 10.1. The van der Waals surface area contributed by atoms with Gasteiger partial charge in [-0.1, -0.05) is 12.1 Å². The van der Waals surface area contributed by atoms with Gasteiger partial charge in [-0.25, -0.2) is 14.1 Å². The first kappa shape index (κ1) is 18.9. The van der Waals surface area contributed by atoms with Crippen LogP contribution in [0.25, 0.3) is 10.6 Å². The van der Waals surface area contributed by atoms with Crippen molar-refractivity contribution in [3.63, 3.8) is 0 Å². The Kier molecular flexibility index (Phi) is 5.75. The van der Waals surface area contributed by atoms with Crippen LogP contribution in [0.2, 0.25) is 0 Å². The maximum absolute atomic E-state index is 12.9. The molecule has 0 aliphatic heterocycles. The summed E-state index contributed by atoms with van der Waals surface area (Å²) in [7, 11) is 0. The Hall–Kier alpha value is -2.87. The molecule has 0 fully saturated rings. The summed E-state index contributed by atoms with van der Waals surface area (Å²) in [6, 6.07) is 8.94. The molecule has 3 rings (SSSR count). The second-order valence-electron chi connectivity index (χ2n) is 6.08. The van der Waals surface area contributed by atoms with E-state index >= 15 is 0 Å². The monoisotopic (exact) mass is 386 g/mol. The Morgan fingerprint density at radius 3 is 2.59 bits per heavy atom. The van der Waals surface area contributed by atoms with Crippen LogP contribution < -0.4 is 10.9 Å². The molecule has 0 saturated carbocycles. The maximum Gasteiger partial charge on any atom is 0.266 e. The average molecular weight is 386 g/mol. The molecule has 8 heteroatoms. The topological polar surface area (TPSA) is 76.9 Å². The van der Waals surface area contributed by atoms with Gasteiger partial charge >= 0.3 is 0 Å².